The minimum Gasteiger partial charge on any atom is -0.395 e. The second-order valence-corrected chi connectivity index (χ2v) is 10.6. The van der Waals surface area contributed by atoms with Crippen LogP contribution in [-0.4, -0.2) is 107 Å². The molecule has 0 saturated carbocycles. The van der Waals surface area contributed by atoms with Gasteiger partial charge in [-0.3, -0.25) is 19.6 Å². The highest BCUT2D eigenvalue weighted by atomic mass is 19.4. The predicted octanol–water partition coefficient (Wildman–Crippen LogP) is 2.71. The molecule has 0 unspecified atom stereocenters. The Kier molecular flexibility index (Phi) is 10.8. The van der Waals surface area contributed by atoms with E-state index in [9.17, 15) is 28.2 Å². The first-order valence-electron chi connectivity index (χ1n) is 14.1. The molecular formula is C29H40F3N5O3. The number of aliphatic hydroxyl groups is 2. The van der Waals surface area contributed by atoms with Crippen LogP contribution in [0.5, 0.6) is 0 Å². The Morgan fingerprint density at radius 3 is 2.40 bits per heavy atom. The van der Waals surface area contributed by atoms with Crippen molar-refractivity contribution in [2.45, 2.75) is 38.0 Å². The molecule has 2 atom stereocenters. The second kappa shape index (κ2) is 14.2. The van der Waals surface area contributed by atoms with E-state index in [1.165, 1.54) is 17.0 Å². The first kappa shape index (κ1) is 30.2. The molecule has 0 aliphatic carbocycles. The van der Waals surface area contributed by atoms with Gasteiger partial charge >= 0.3 is 6.18 Å². The molecular weight excluding hydrogens is 523 g/mol. The smallest absolute Gasteiger partial charge is 0.395 e. The summed E-state index contributed by atoms with van der Waals surface area (Å²) in [4.78, 5) is 25.7. The fraction of sp³-hybridized carbons (Fsp3) is 0.586. The molecule has 2 N–H and O–H groups in total. The first-order valence-corrected chi connectivity index (χ1v) is 14.1. The van der Waals surface area contributed by atoms with E-state index in [-0.39, 0.29) is 44.2 Å². The highest BCUT2D eigenvalue weighted by molar-refractivity contribution is 5.76. The van der Waals surface area contributed by atoms with Gasteiger partial charge in [0, 0.05) is 83.2 Å². The average molecular weight is 564 g/mol. The zero-order valence-electron chi connectivity index (χ0n) is 22.8. The van der Waals surface area contributed by atoms with Gasteiger partial charge in [0.2, 0.25) is 5.91 Å². The van der Waals surface area contributed by atoms with Gasteiger partial charge in [0.25, 0.3) is 0 Å². The summed E-state index contributed by atoms with van der Waals surface area (Å²) in [5, 5.41) is 18.6. The number of nitrogens with zero attached hydrogens (tertiary/aromatic N) is 5. The summed E-state index contributed by atoms with van der Waals surface area (Å²) >= 11 is 0. The van der Waals surface area contributed by atoms with Gasteiger partial charge in [0.15, 0.2) is 0 Å². The molecule has 2 aliphatic rings. The lowest BCUT2D eigenvalue weighted by atomic mass is 9.86. The monoisotopic (exact) mass is 563 g/mol. The molecule has 40 heavy (non-hydrogen) atoms. The quantitative estimate of drug-likeness (QED) is 0.435. The van der Waals surface area contributed by atoms with Crippen LogP contribution < -0.4 is 4.90 Å². The molecule has 11 heteroatoms. The SMILES string of the molecule is O=C(CC[C@H]1CN(Cc2ccccn2)CC[C@H]1N1CCN(c2cccc(C(F)(F)F)c2)CC1)N(CCO)CCO. The molecule has 8 nitrogen and oxygen atoms in total. The van der Waals surface area contributed by atoms with Gasteiger partial charge in [0.1, 0.15) is 0 Å². The second-order valence-electron chi connectivity index (χ2n) is 10.6. The number of carbonyl (C=O) groups is 1. The van der Waals surface area contributed by atoms with E-state index in [0.717, 1.165) is 50.9 Å². The van der Waals surface area contributed by atoms with Gasteiger partial charge in [-0.1, -0.05) is 12.1 Å². The Balaban J connectivity index is 1.41. The standard InChI is InChI=1S/C29H40F3N5O3/c30-29(31,32)24-4-3-6-26(20-24)35-12-14-36(15-13-35)27-9-11-34(22-25-5-1-2-10-33-25)21-23(27)7-8-28(40)37(16-18-38)17-19-39/h1-6,10,20,23,27,38-39H,7-9,11-19,21-22H2/t23-,27+/m0/s1. The topological polar surface area (TPSA) is 83.4 Å². The maximum absolute atomic E-state index is 13.2. The summed E-state index contributed by atoms with van der Waals surface area (Å²) in [6, 6.07) is 11.7. The lowest BCUT2D eigenvalue weighted by Gasteiger charge is -2.47. The molecule has 3 heterocycles. The number of hydrogen-bond acceptors (Lipinski definition) is 7. The zero-order valence-corrected chi connectivity index (χ0v) is 22.8. The normalized spacial score (nSPS) is 21.0. The third-order valence-electron chi connectivity index (χ3n) is 8.03. The molecule has 2 fully saturated rings. The van der Waals surface area contributed by atoms with Crippen LogP contribution in [-0.2, 0) is 17.5 Å². The summed E-state index contributed by atoms with van der Waals surface area (Å²) in [6.07, 6.45) is -0.618. The molecule has 2 saturated heterocycles. The maximum Gasteiger partial charge on any atom is 0.416 e. The fourth-order valence-electron chi connectivity index (χ4n) is 5.98. The number of rotatable bonds is 11. The summed E-state index contributed by atoms with van der Waals surface area (Å²) in [7, 11) is 0. The Bertz CT molecular complexity index is 1060. The van der Waals surface area contributed by atoms with Gasteiger partial charge in [-0.25, -0.2) is 0 Å². The van der Waals surface area contributed by atoms with E-state index in [1.54, 1.807) is 12.3 Å². The minimum atomic E-state index is -4.37. The first-order chi connectivity index (χ1) is 19.3. The number of hydrogen-bond donors (Lipinski definition) is 2. The summed E-state index contributed by atoms with van der Waals surface area (Å²) in [5.74, 6) is 0.157. The van der Waals surface area contributed by atoms with E-state index < -0.39 is 11.7 Å². The van der Waals surface area contributed by atoms with E-state index in [1.807, 2.05) is 23.1 Å². The molecule has 1 aromatic carbocycles. The van der Waals surface area contributed by atoms with Gasteiger partial charge in [0.05, 0.1) is 24.5 Å². The van der Waals surface area contributed by atoms with Crippen molar-refractivity contribution in [3.8, 4) is 0 Å². The molecule has 0 radical (unpaired) electrons. The number of aliphatic hydroxyl groups excluding tert-OH is 2. The van der Waals surface area contributed by atoms with Crippen LogP contribution in [0.15, 0.2) is 48.7 Å². The van der Waals surface area contributed by atoms with E-state index in [0.29, 0.717) is 31.6 Å². The van der Waals surface area contributed by atoms with Crippen molar-refractivity contribution in [2.24, 2.45) is 5.92 Å². The zero-order chi connectivity index (χ0) is 28.5. The number of likely N-dealkylation sites (tertiary alicyclic amines) is 1. The number of carbonyl (C=O) groups excluding carboxylic acids is 1. The minimum absolute atomic E-state index is 0.0712. The number of benzene rings is 1. The average Bonchev–Trinajstić information content (AvgIpc) is 2.96. The van der Waals surface area contributed by atoms with Crippen LogP contribution in [0, 0.1) is 5.92 Å². The highest BCUT2D eigenvalue weighted by Crippen LogP contribution is 2.33. The molecule has 2 aliphatic heterocycles. The number of halogens is 3. The van der Waals surface area contributed by atoms with Crippen molar-refractivity contribution >= 4 is 11.6 Å². The van der Waals surface area contributed by atoms with Gasteiger partial charge in [-0.2, -0.15) is 13.2 Å². The van der Waals surface area contributed by atoms with Crippen LogP contribution in [0.25, 0.3) is 0 Å². The Morgan fingerprint density at radius 2 is 1.75 bits per heavy atom. The van der Waals surface area contributed by atoms with Gasteiger partial charge in [-0.05, 0) is 49.1 Å². The number of aromatic nitrogens is 1. The number of piperidine rings is 1. The van der Waals surface area contributed by atoms with Gasteiger partial charge < -0.3 is 20.0 Å². The van der Waals surface area contributed by atoms with Crippen molar-refractivity contribution in [3.05, 3.63) is 59.9 Å². The number of pyridine rings is 1. The number of amides is 1. The van der Waals surface area contributed by atoms with E-state index in [2.05, 4.69) is 14.8 Å². The lowest BCUT2D eigenvalue weighted by Crippen LogP contribution is -2.56. The van der Waals surface area contributed by atoms with Crippen LogP contribution >= 0.6 is 0 Å². The maximum atomic E-state index is 13.2. The Hall–Kier alpha value is -2.73. The van der Waals surface area contributed by atoms with Crippen LogP contribution in [0.4, 0.5) is 18.9 Å². The number of alkyl halides is 3. The molecule has 4 rings (SSSR count). The molecule has 220 valence electrons. The third-order valence-corrected chi connectivity index (χ3v) is 8.03. The number of piperazine rings is 1. The van der Waals surface area contributed by atoms with Crippen molar-refractivity contribution in [1.29, 1.82) is 0 Å². The van der Waals surface area contributed by atoms with Crippen molar-refractivity contribution in [1.82, 2.24) is 19.7 Å². The van der Waals surface area contributed by atoms with Crippen molar-refractivity contribution in [3.63, 3.8) is 0 Å². The van der Waals surface area contributed by atoms with Crippen molar-refractivity contribution in [2.75, 3.05) is 70.5 Å². The lowest BCUT2D eigenvalue weighted by molar-refractivity contribution is -0.137. The molecule has 2 aromatic rings. The van der Waals surface area contributed by atoms with Gasteiger partial charge in [-0.15, -0.1) is 0 Å². The largest absolute Gasteiger partial charge is 0.416 e. The molecule has 0 bridgehead atoms. The molecule has 1 amide bonds. The van der Waals surface area contributed by atoms with Crippen LogP contribution in [0.2, 0.25) is 0 Å². The fourth-order valence-corrected chi connectivity index (χ4v) is 5.98. The van der Waals surface area contributed by atoms with E-state index in [4.69, 9.17) is 0 Å². The van der Waals surface area contributed by atoms with Crippen LogP contribution in [0.3, 0.4) is 0 Å². The summed E-state index contributed by atoms with van der Waals surface area (Å²) in [5.41, 5.74) is 0.964. The summed E-state index contributed by atoms with van der Waals surface area (Å²) in [6.45, 7) is 5.35. The third kappa shape index (κ3) is 8.15. The Labute approximate surface area is 234 Å². The van der Waals surface area contributed by atoms with E-state index >= 15 is 0 Å². The molecule has 0 spiro atoms. The highest BCUT2D eigenvalue weighted by Gasteiger charge is 2.36. The summed E-state index contributed by atoms with van der Waals surface area (Å²) < 4.78 is 39.7. The molecule has 1 aromatic heterocycles. The predicted molar refractivity (Wildman–Crippen MR) is 147 cm³/mol. The van der Waals surface area contributed by atoms with Crippen molar-refractivity contribution < 1.29 is 28.2 Å². The van der Waals surface area contributed by atoms with Crippen LogP contribution in [0.1, 0.15) is 30.5 Å². The Morgan fingerprint density at radius 1 is 1.00 bits per heavy atom. The number of anilines is 1.